The molecule has 0 aliphatic rings. The van der Waals surface area contributed by atoms with Gasteiger partial charge < -0.3 is 9.73 Å². The van der Waals surface area contributed by atoms with E-state index in [1.807, 2.05) is 0 Å². The Kier molecular flexibility index (Phi) is 3.06. The Morgan fingerprint density at radius 1 is 1.47 bits per heavy atom. The van der Waals surface area contributed by atoms with Gasteiger partial charge in [0.1, 0.15) is 11.5 Å². The van der Waals surface area contributed by atoms with E-state index in [1.165, 1.54) is 13.0 Å². The van der Waals surface area contributed by atoms with Crippen molar-refractivity contribution in [3.63, 3.8) is 0 Å². The standard InChI is InChI=1S/C9H10F3NO2/c1-5-3-4-7(15-5)6(2)13-8(14)9(10,11)12/h3-4,6H,1-2H3,(H,13,14). The van der Waals surface area contributed by atoms with Crippen LogP contribution in [0.3, 0.4) is 0 Å². The third-order valence-electron chi connectivity index (χ3n) is 1.79. The van der Waals surface area contributed by atoms with Crippen LogP contribution in [0, 0.1) is 6.92 Å². The molecule has 1 atom stereocenters. The first-order valence-corrected chi connectivity index (χ1v) is 4.24. The number of carbonyl (C=O) groups is 1. The molecule has 6 heteroatoms. The minimum absolute atomic E-state index is 0.296. The Morgan fingerprint density at radius 3 is 2.47 bits per heavy atom. The number of rotatable bonds is 2. The second-order valence-electron chi connectivity index (χ2n) is 3.14. The lowest BCUT2D eigenvalue weighted by Gasteiger charge is -2.12. The molecule has 1 aromatic heterocycles. The second kappa shape index (κ2) is 3.96. The molecular formula is C9H10F3NO2. The van der Waals surface area contributed by atoms with E-state index in [4.69, 9.17) is 4.42 Å². The van der Waals surface area contributed by atoms with Gasteiger partial charge in [-0.25, -0.2) is 0 Å². The first kappa shape index (κ1) is 11.6. The summed E-state index contributed by atoms with van der Waals surface area (Å²) >= 11 is 0. The Morgan fingerprint density at radius 2 is 2.07 bits per heavy atom. The van der Waals surface area contributed by atoms with Crippen molar-refractivity contribution in [1.82, 2.24) is 5.32 Å². The number of hydrogen-bond donors (Lipinski definition) is 1. The first-order chi connectivity index (χ1) is 6.80. The van der Waals surface area contributed by atoms with Gasteiger partial charge in [-0.15, -0.1) is 0 Å². The molecule has 1 rings (SSSR count). The lowest BCUT2D eigenvalue weighted by Crippen LogP contribution is -2.38. The summed E-state index contributed by atoms with van der Waals surface area (Å²) < 4.78 is 40.7. The molecule has 0 saturated heterocycles. The van der Waals surface area contributed by atoms with E-state index in [0.717, 1.165) is 0 Å². The third-order valence-corrected chi connectivity index (χ3v) is 1.79. The molecule has 1 heterocycles. The quantitative estimate of drug-likeness (QED) is 0.832. The molecule has 0 spiro atoms. The zero-order chi connectivity index (χ0) is 11.6. The van der Waals surface area contributed by atoms with Crippen LogP contribution < -0.4 is 5.32 Å². The molecule has 0 aromatic carbocycles. The largest absolute Gasteiger partial charge is 0.471 e. The van der Waals surface area contributed by atoms with Gasteiger partial charge in [0.2, 0.25) is 0 Å². The highest BCUT2D eigenvalue weighted by Gasteiger charge is 2.39. The zero-order valence-electron chi connectivity index (χ0n) is 8.18. The number of halogens is 3. The monoisotopic (exact) mass is 221 g/mol. The van der Waals surface area contributed by atoms with E-state index in [9.17, 15) is 18.0 Å². The third kappa shape index (κ3) is 3.00. The molecule has 1 unspecified atom stereocenters. The molecule has 0 saturated carbocycles. The van der Waals surface area contributed by atoms with Crippen molar-refractivity contribution in [2.45, 2.75) is 26.1 Å². The molecule has 0 bridgehead atoms. The van der Waals surface area contributed by atoms with Crippen LogP contribution in [0.4, 0.5) is 13.2 Å². The molecule has 84 valence electrons. The maximum Gasteiger partial charge on any atom is 0.471 e. The van der Waals surface area contributed by atoms with E-state index in [2.05, 4.69) is 0 Å². The van der Waals surface area contributed by atoms with Crippen molar-refractivity contribution in [1.29, 1.82) is 0 Å². The van der Waals surface area contributed by atoms with Gasteiger partial charge in [0.05, 0.1) is 6.04 Å². The highest BCUT2D eigenvalue weighted by molar-refractivity contribution is 5.81. The Hall–Kier alpha value is -1.46. The fourth-order valence-corrected chi connectivity index (χ4v) is 1.04. The highest BCUT2D eigenvalue weighted by atomic mass is 19.4. The summed E-state index contributed by atoms with van der Waals surface area (Å²) in [4.78, 5) is 10.6. The Bertz CT molecular complexity index is 356. The predicted octanol–water partition coefficient (Wildman–Crippen LogP) is 2.33. The molecule has 0 aliphatic heterocycles. The van der Waals surface area contributed by atoms with Crippen LogP contribution in [0.2, 0.25) is 0 Å². The zero-order valence-corrected chi connectivity index (χ0v) is 8.18. The Labute approximate surface area is 84.3 Å². The van der Waals surface area contributed by atoms with Gasteiger partial charge in [-0.2, -0.15) is 13.2 Å². The Balaban J connectivity index is 2.64. The van der Waals surface area contributed by atoms with E-state index in [0.29, 0.717) is 11.5 Å². The summed E-state index contributed by atoms with van der Waals surface area (Å²) in [5, 5.41) is 1.79. The fraction of sp³-hybridized carbons (Fsp3) is 0.444. The average Bonchev–Trinajstić information content (AvgIpc) is 2.50. The first-order valence-electron chi connectivity index (χ1n) is 4.24. The summed E-state index contributed by atoms with van der Waals surface area (Å²) in [6.07, 6.45) is -4.87. The van der Waals surface area contributed by atoms with Crippen molar-refractivity contribution in [3.05, 3.63) is 23.7 Å². The molecule has 3 nitrogen and oxygen atoms in total. The molecule has 0 radical (unpaired) electrons. The summed E-state index contributed by atoms with van der Waals surface area (Å²) in [5.74, 6) is -1.09. The van der Waals surface area contributed by atoms with Crippen molar-refractivity contribution in [2.24, 2.45) is 0 Å². The summed E-state index contributed by atoms with van der Waals surface area (Å²) in [5.41, 5.74) is 0. The minimum atomic E-state index is -4.87. The second-order valence-corrected chi connectivity index (χ2v) is 3.14. The van der Waals surface area contributed by atoms with Gasteiger partial charge in [0.15, 0.2) is 0 Å². The summed E-state index contributed by atoms with van der Waals surface area (Å²) in [6.45, 7) is 3.09. The lowest BCUT2D eigenvalue weighted by molar-refractivity contribution is -0.174. The molecule has 15 heavy (non-hydrogen) atoms. The van der Waals surface area contributed by atoms with E-state index in [1.54, 1.807) is 18.3 Å². The number of nitrogens with one attached hydrogen (secondary N) is 1. The minimum Gasteiger partial charge on any atom is -0.464 e. The van der Waals surface area contributed by atoms with Crippen molar-refractivity contribution in [2.75, 3.05) is 0 Å². The van der Waals surface area contributed by atoms with Gasteiger partial charge in [-0.05, 0) is 26.0 Å². The van der Waals surface area contributed by atoms with Crippen LogP contribution in [0.15, 0.2) is 16.5 Å². The van der Waals surface area contributed by atoms with Crippen LogP contribution in [0.1, 0.15) is 24.5 Å². The van der Waals surface area contributed by atoms with Gasteiger partial charge in [-0.1, -0.05) is 0 Å². The maximum absolute atomic E-state index is 11.9. The molecule has 1 amide bonds. The highest BCUT2D eigenvalue weighted by Crippen LogP contribution is 2.19. The molecule has 1 N–H and O–H groups in total. The molecule has 0 fully saturated rings. The number of furan rings is 1. The number of carbonyl (C=O) groups excluding carboxylic acids is 1. The van der Waals surface area contributed by atoms with Crippen LogP contribution >= 0.6 is 0 Å². The van der Waals surface area contributed by atoms with Gasteiger partial charge in [-0.3, -0.25) is 4.79 Å². The lowest BCUT2D eigenvalue weighted by atomic mass is 10.2. The normalized spacial score (nSPS) is 13.7. The molecular weight excluding hydrogens is 211 g/mol. The van der Waals surface area contributed by atoms with Crippen molar-refractivity contribution >= 4 is 5.91 Å². The average molecular weight is 221 g/mol. The van der Waals surface area contributed by atoms with Gasteiger partial charge in [0.25, 0.3) is 0 Å². The summed E-state index contributed by atoms with van der Waals surface area (Å²) in [6, 6.07) is 2.34. The fourth-order valence-electron chi connectivity index (χ4n) is 1.04. The number of alkyl halides is 3. The number of hydrogen-bond acceptors (Lipinski definition) is 2. The van der Waals surface area contributed by atoms with Crippen LogP contribution in [0.5, 0.6) is 0 Å². The van der Waals surface area contributed by atoms with Crippen molar-refractivity contribution in [3.8, 4) is 0 Å². The molecule has 1 aromatic rings. The van der Waals surface area contributed by atoms with E-state index in [-0.39, 0.29) is 0 Å². The molecule has 0 aliphatic carbocycles. The van der Waals surface area contributed by atoms with Gasteiger partial charge >= 0.3 is 12.1 Å². The number of amides is 1. The smallest absolute Gasteiger partial charge is 0.464 e. The van der Waals surface area contributed by atoms with Crippen molar-refractivity contribution < 1.29 is 22.4 Å². The number of aryl methyl sites for hydroxylation is 1. The van der Waals surface area contributed by atoms with E-state index >= 15 is 0 Å². The maximum atomic E-state index is 11.9. The SMILES string of the molecule is Cc1ccc(C(C)NC(=O)C(F)(F)F)o1. The topological polar surface area (TPSA) is 42.2 Å². The van der Waals surface area contributed by atoms with E-state index < -0.39 is 18.1 Å². The van der Waals surface area contributed by atoms with Crippen LogP contribution in [-0.4, -0.2) is 12.1 Å². The van der Waals surface area contributed by atoms with Crippen LogP contribution in [-0.2, 0) is 4.79 Å². The predicted molar refractivity (Wildman–Crippen MR) is 46.1 cm³/mol. The van der Waals surface area contributed by atoms with Crippen LogP contribution in [0.25, 0.3) is 0 Å². The summed E-state index contributed by atoms with van der Waals surface area (Å²) in [7, 11) is 0. The van der Waals surface area contributed by atoms with Gasteiger partial charge in [0, 0.05) is 0 Å².